The SMILES string of the molecule is CC(=O)C1=CCCC2CC(=O)CCC12C. The average molecular weight is 206 g/mol. The van der Waals surface area contributed by atoms with Crippen LogP contribution in [-0.4, -0.2) is 11.6 Å². The summed E-state index contributed by atoms with van der Waals surface area (Å²) in [7, 11) is 0. The van der Waals surface area contributed by atoms with Gasteiger partial charge in [-0.2, -0.15) is 0 Å². The number of carbonyl (C=O) groups excluding carboxylic acids is 2. The first-order valence-corrected chi connectivity index (χ1v) is 5.77. The van der Waals surface area contributed by atoms with Gasteiger partial charge in [-0.25, -0.2) is 0 Å². The van der Waals surface area contributed by atoms with E-state index in [9.17, 15) is 9.59 Å². The molecule has 2 unspecified atom stereocenters. The summed E-state index contributed by atoms with van der Waals surface area (Å²) in [6.45, 7) is 3.81. The molecule has 15 heavy (non-hydrogen) atoms. The molecule has 2 rings (SSSR count). The van der Waals surface area contributed by atoms with Gasteiger partial charge in [0, 0.05) is 12.8 Å². The van der Waals surface area contributed by atoms with E-state index in [1.165, 1.54) is 0 Å². The second kappa shape index (κ2) is 3.58. The molecule has 2 atom stereocenters. The number of rotatable bonds is 1. The van der Waals surface area contributed by atoms with Crippen LogP contribution >= 0.6 is 0 Å². The van der Waals surface area contributed by atoms with Crippen molar-refractivity contribution in [3.05, 3.63) is 11.6 Å². The third kappa shape index (κ3) is 1.66. The molecule has 0 N–H and O–H groups in total. The molecule has 0 radical (unpaired) electrons. The first kappa shape index (κ1) is 10.6. The lowest BCUT2D eigenvalue weighted by Crippen LogP contribution is -2.39. The molecule has 2 heteroatoms. The quantitative estimate of drug-likeness (QED) is 0.661. The van der Waals surface area contributed by atoms with E-state index < -0.39 is 0 Å². The van der Waals surface area contributed by atoms with Crippen LogP contribution in [0.5, 0.6) is 0 Å². The molecule has 0 aliphatic heterocycles. The lowest BCUT2D eigenvalue weighted by Gasteiger charge is -2.44. The Labute approximate surface area is 90.7 Å². The standard InChI is InChI=1S/C13H18O2/c1-9(14)12-5-3-4-10-8-11(15)6-7-13(10,12)2/h5,10H,3-4,6-8H2,1-2H3. The van der Waals surface area contributed by atoms with Gasteiger partial charge in [0.25, 0.3) is 0 Å². The van der Waals surface area contributed by atoms with Crippen LogP contribution in [0.3, 0.4) is 0 Å². The summed E-state index contributed by atoms with van der Waals surface area (Å²) in [6.07, 6.45) is 6.32. The minimum Gasteiger partial charge on any atom is -0.300 e. The Bertz CT molecular complexity index is 340. The minimum atomic E-state index is -0.0159. The van der Waals surface area contributed by atoms with E-state index in [0.717, 1.165) is 24.8 Å². The number of ketones is 2. The number of Topliss-reactive ketones (excluding diaryl/α,β-unsaturated/α-hetero) is 2. The van der Waals surface area contributed by atoms with Crippen LogP contribution in [0.1, 0.15) is 46.0 Å². The van der Waals surface area contributed by atoms with Crippen molar-refractivity contribution < 1.29 is 9.59 Å². The summed E-state index contributed by atoms with van der Waals surface area (Å²) in [6, 6.07) is 0. The lowest BCUT2D eigenvalue weighted by atomic mass is 9.59. The van der Waals surface area contributed by atoms with Crippen molar-refractivity contribution in [3.8, 4) is 0 Å². The Kier molecular flexibility index (Phi) is 2.53. The average Bonchev–Trinajstić information content (AvgIpc) is 2.17. The summed E-state index contributed by atoms with van der Waals surface area (Å²) in [5.41, 5.74) is 0.962. The highest BCUT2D eigenvalue weighted by Gasteiger charge is 2.44. The Morgan fingerprint density at radius 3 is 2.93 bits per heavy atom. The van der Waals surface area contributed by atoms with E-state index in [0.29, 0.717) is 24.5 Å². The molecule has 2 aliphatic rings. The van der Waals surface area contributed by atoms with E-state index in [2.05, 4.69) is 13.0 Å². The fourth-order valence-corrected chi connectivity index (χ4v) is 3.19. The Balaban J connectivity index is 2.33. The maximum Gasteiger partial charge on any atom is 0.156 e. The smallest absolute Gasteiger partial charge is 0.156 e. The molecule has 0 spiro atoms. The van der Waals surface area contributed by atoms with E-state index in [4.69, 9.17) is 0 Å². The fraction of sp³-hybridized carbons (Fsp3) is 0.692. The summed E-state index contributed by atoms with van der Waals surface area (Å²) in [5.74, 6) is 0.974. The molecular weight excluding hydrogens is 188 g/mol. The normalized spacial score (nSPS) is 35.7. The molecule has 2 aliphatic carbocycles. The van der Waals surface area contributed by atoms with Gasteiger partial charge in [-0.05, 0) is 43.1 Å². The number of carbonyl (C=O) groups is 2. The number of hydrogen-bond donors (Lipinski definition) is 0. The molecule has 0 saturated heterocycles. The van der Waals surface area contributed by atoms with Gasteiger partial charge in [-0.15, -0.1) is 0 Å². The van der Waals surface area contributed by atoms with Crippen molar-refractivity contribution >= 4 is 11.6 Å². The highest BCUT2D eigenvalue weighted by Crippen LogP contribution is 2.50. The lowest BCUT2D eigenvalue weighted by molar-refractivity contribution is -0.126. The predicted octanol–water partition coefficient (Wildman–Crippen LogP) is 2.67. The number of allylic oxidation sites excluding steroid dienone is 2. The molecule has 1 saturated carbocycles. The molecule has 0 bridgehead atoms. The number of hydrogen-bond acceptors (Lipinski definition) is 2. The molecule has 82 valence electrons. The first-order valence-electron chi connectivity index (χ1n) is 5.77. The molecule has 0 aromatic heterocycles. The summed E-state index contributed by atoms with van der Waals surface area (Å²) >= 11 is 0. The fourth-order valence-electron chi connectivity index (χ4n) is 3.19. The van der Waals surface area contributed by atoms with Gasteiger partial charge in [0.05, 0.1) is 0 Å². The van der Waals surface area contributed by atoms with Gasteiger partial charge in [0.1, 0.15) is 5.78 Å². The van der Waals surface area contributed by atoms with Crippen molar-refractivity contribution in [2.45, 2.75) is 46.0 Å². The summed E-state index contributed by atoms with van der Waals surface area (Å²) < 4.78 is 0. The van der Waals surface area contributed by atoms with Gasteiger partial charge in [0.15, 0.2) is 5.78 Å². The largest absolute Gasteiger partial charge is 0.300 e. The van der Waals surface area contributed by atoms with Crippen molar-refractivity contribution in [2.24, 2.45) is 11.3 Å². The Morgan fingerprint density at radius 1 is 1.53 bits per heavy atom. The maximum atomic E-state index is 11.6. The summed E-state index contributed by atoms with van der Waals surface area (Å²) in [4.78, 5) is 23.0. The molecule has 0 amide bonds. The van der Waals surface area contributed by atoms with Gasteiger partial charge in [0.2, 0.25) is 0 Å². The third-order valence-corrected chi connectivity index (χ3v) is 4.16. The van der Waals surface area contributed by atoms with Crippen LogP contribution in [0, 0.1) is 11.3 Å². The van der Waals surface area contributed by atoms with Gasteiger partial charge < -0.3 is 0 Å². The van der Waals surface area contributed by atoms with Crippen molar-refractivity contribution in [1.29, 1.82) is 0 Å². The molecule has 0 aromatic rings. The minimum absolute atomic E-state index is 0.0159. The zero-order valence-electron chi connectivity index (χ0n) is 9.51. The van der Waals surface area contributed by atoms with E-state index in [-0.39, 0.29) is 11.2 Å². The molecule has 0 heterocycles. The van der Waals surface area contributed by atoms with Gasteiger partial charge >= 0.3 is 0 Å². The van der Waals surface area contributed by atoms with E-state index >= 15 is 0 Å². The topological polar surface area (TPSA) is 34.1 Å². The predicted molar refractivity (Wildman–Crippen MR) is 58.5 cm³/mol. The van der Waals surface area contributed by atoms with E-state index in [1.54, 1.807) is 6.92 Å². The van der Waals surface area contributed by atoms with Crippen molar-refractivity contribution in [3.63, 3.8) is 0 Å². The van der Waals surface area contributed by atoms with Gasteiger partial charge in [-0.3, -0.25) is 9.59 Å². The second-order valence-corrected chi connectivity index (χ2v) is 5.11. The zero-order valence-corrected chi connectivity index (χ0v) is 9.51. The van der Waals surface area contributed by atoms with Crippen molar-refractivity contribution in [2.75, 3.05) is 0 Å². The Morgan fingerprint density at radius 2 is 2.27 bits per heavy atom. The van der Waals surface area contributed by atoms with Crippen LogP contribution in [0.4, 0.5) is 0 Å². The highest BCUT2D eigenvalue weighted by atomic mass is 16.1. The summed E-state index contributed by atoms with van der Waals surface area (Å²) in [5, 5.41) is 0. The third-order valence-electron chi connectivity index (χ3n) is 4.16. The van der Waals surface area contributed by atoms with Crippen molar-refractivity contribution in [1.82, 2.24) is 0 Å². The maximum absolute atomic E-state index is 11.6. The van der Waals surface area contributed by atoms with Crippen LogP contribution < -0.4 is 0 Å². The molecule has 2 nitrogen and oxygen atoms in total. The monoisotopic (exact) mass is 206 g/mol. The molecule has 1 fully saturated rings. The molecular formula is C13H18O2. The number of fused-ring (bicyclic) bond motifs is 1. The highest BCUT2D eigenvalue weighted by molar-refractivity contribution is 5.95. The Hall–Kier alpha value is -0.920. The van der Waals surface area contributed by atoms with Crippen LogP contribution in [0.15, 0.2) is 11.6 Å². The first-order chi connectivity index (χ1) is 7.04. The van der Waals surface area contributed by atoms with Crippen LogP contribution in [-0.2, 0) is 9.59 Å². The van der Waals surface area contributed by atoms with E-state index in [1.807, 2.05) is 0 Å². The molecule has 0 aromatic carbocycles. The zero-order chi connectivity index (χ0) is 11.1. The second-order valence-electron chi connectivity index (χ2n) is 5.11. The van der Waals surface area contributed by atoms with Crippen LogP contribution in [0.25, 0.3) is 0 Å². The van der Waals surface area contributed by atoms with Gasteiger partial charge in [-0.1, -0.05) is 13.0 Å². The van der Waals surface area contributed by atoms with Crippen LogP contribution in [0.2, 0.25) is 0 Å².